The Bertz CT molecular complexity index is 1850. The molecule has 2 N–H and O–H groups in total. The first-order chi connectivity index (χ1) is 26.3. The summed E-state index contributed by atoms with van der Waals surface area (Å²) in [6, 6.07) is 4.79. The molecule has 6 aliphatic rings. The van der Waals surface area contributed by atoms with E-state index in [1.54, 1.807) is 4.90 Å². The van der Waals surface area contributed by atoms with Crippen LogP contribution in [0.3, 0.4) is 0 Å². The first-order valence-corrected chi connectivity index (χ1v) is 21.7. The fraction of sp³-hybridized carbons (Fsp3) is 0.634. The predicted molar refractivity (Wildman–Crippen MR) is 205 cm³/mol. The Morgan fingerprint density at radius 1 is 1.04 bits per heavy atom. The number of nitrogens with one attached hydrogen (secondary N) is 2. The minimum absolute atomic E-state index is 0.000645. The SMILES string of the molecule is C=C[C@@H]1C[C@]1(NC(=O)[C@@H]1C[C@@H]2CN1C(=O)[C@H](C1CCCCC1)CC(=O)N(C(C)C)CCC/C=C/c1cccc3c1CN(C3)C(=O)O2)C(=O)NS(=O)(=O)C1CC1. The molecule has 55 heavy (non-hydrogen) atoms. The van der Waals surface area contributed by atoms with Gasteiger partial charge in [0.05, 0.1) is 18.3 Å². The Labute approximate surface area is 324 Å². The van der Waals surface area contributed by atoms with Crippen molar-refractivity contribution in [1.29, 1.82) is 0 Å². The third-order valence-electron chi connectivity index (χ3n) is 12.6. The molecular weight excluding hydrogens is 723 g/mol. The fourth-order valence-electron chi connectivity index (χ4n) is 9.12. The van der Waals surface area contributed by atoms with Crippen LogP contribution in [0.4, 0.5) is 4.79 Å². The van der Waals surface area contributed by atoms with Gasteiger partial charge in [-0.15, -0.1) is 6.58 Å². The van der Waals surface area contributed by atoms with Crippen molar-refractivity contribution in [2.24, 2.45) is 17.8 Å². The Morgan fingerprint density at radius 2 is 1.80 bits per heavy atom. The van der Waals surface area contributed by atoms with Gasteiger partial charge in [-0.2, -0.15) is 0 Å². The lowest BCUT2D eigenvalue weighted by molar-refractivity contribution is -0.148. The number of hydrogen-bond donors (Lipinski definition) is 2. The van der Waals surface area contributed by atoms with Gasteiger partial charge in [0.2, 0.25) is 27.7 Å². The van der Waals surface area contributed by atoms with Gasteiger partial charge in [0, 0.05) is 43.8 Å². The third-order valence-corrected chi connectivity index (χ3v) is 14.4. The molecule has 7 rings (SSSR count). The fourth-order valence-corrected chi connectivity index (χ4v) is 10.5. The Hall–Kier alpha value is -4.20. The minimum atomic E-state index is -3.90. The number of hydrogen-bond acceptors (Lipinski definition) is 8. The molecule has 1 aromatic carbocycles. The lowest BCUT2D eigenvalue weighted by atomic mass is 9.77. The van der Waals surface area contributed by atoms with Crippen LogP contribution in [-0.4, -0.2) is 94.9 Å². The maximum Gasteiger partial charge on any atom is 0.410 e. The molecule has 3 aliphatic heterocycles. The first kappa shape index (κ1) is 39.1. The van der Waals surface area contributed by atoms with Gasteiger partial charge in [0.1, 0.15) is 17.7 Å². The molecule has 3 heterocycles. The maximum atomic E-state index is 14.9. The van der Waals surface area contributed by atoms with Crippen LogP contribution in [0.1, 0.15) is 108 Å². The quantitative estimate of drug-likeness (QED) is 0.367. The second kappa shape index (κ2) is 15.7. The van der Waals surface area contributed by atoms with Crippen molar-refractivity contribution in [3.63, 3.8) is 0 Å². The van der Waals surface area contributed by atoms with Crippen molar-refractivity contribution in [3.05, 3.63) is 53.6 Å². The molecule has 14 heteroatoms. The third kappa shape index (κ3) is 8.20. The minimum Gasteiger partial charge on any atom is -0.444 e. The number of sulfonamides is 1. The second-order valence-corrected chi connectivity index (χ2v) is 18.7. The van der Waals surface area contributed by atoms with Crippen molar-refractivity contribution >= 4 is 45.8 Å². The summed E-state index contributed by atoms with van der Waals surface area (Å²) >= 11 is 0. The predicted octanol–water partition coefficient (Wildman–Crippen LogP) is 4.41. The van der Waals surface area contributed by atoms with Gasteiger partial charge in [-0.1, -0.05) is 55.7 Å². The van der Waals surface area contributed by atoms with Crippen LogP contribution in [0.5, 0.6) is 0 Å². The number of fused-ring (bicyclic) bond motifs is 3. The van der Waals surface area contributed by atoms with Gasteiger partial charge in [0.15, 0.2) is 0 Å². The van der Waals surface area contributed by atoms with Crippen molar-refractivity contribution < 1.29 is 37.1 Å². The lowest BCUT2D eigenvalue weighted by Gasteiger charge is -2.36. The van der Waals surface area contributed by atoms with Gasteiger partial charge in [-0.3, -0.25) is 28.8 Å². The summed E-state index contributed by atoms with van der Waals surface area (Å²) in [7, 11) is -3.90. The molecule has 298 valence electrons. The standard InChI is InChI=1S/C41H55N5O8S/c1-4-30-22-41(30,39(50)43-55(52,53)32-17-18-32)42-37(48)35-20-31-24-46(35)38(49)33(27-12-7-5-8-13-27)21-36(47)45(26(2)3)19-10-6-9-14-28-15-11-16-29-23-44(25-34(28)29)40(51)54-31/h4,9,11,14-16,26-27,30-33,35H,1,5-8,10,12-13,17-25H2,2-3H3,(H,42,48)(H,43,50)/b14-9+/t30-,31-,33+,35+,41-/m1/s1. The molecule has 4 fully saturated rings. The van der Waals surface area contributed by atoms with Crippen LogP contribution in [0.15, 0.2) is 36.9 Å². The molecule has 0 aromatic heterocycles. The van der Waals surface area contributed by atoms with E-state index in [2.05, 4.69) is 28.8 Å². The number of rotatable bonds is 8. The Kier molecular flexibility index (Phi) is 11.2. The molecule has 5 atom stereocenters. The number of amides is 5. The van der Waals surface area contributed by atoms with E-state index in [9.17, 15) is 32.4 Å². The molecule has 13 nitrogen and oxygen atoms in total. The topological polar surface area (TPSA) is 162 Å². The van der Waals surface area contributed by atoms with Crippen LogP contribution in [-0.2, 0) is 47.0 Å². The van der Waals surface area contributed by atoms with Crippen molar-refractivity contribution in [3.8, 4) is 0 Å². The van der Waals surface area contributed by atoms with Crippen molar-refractivity contribution in [1.82, 2.24) is 24.7 Å². The normalized spacial score (nSPS) is 29.9. The molecule has 0 unspecified atom stereocenters. The zero-order valence-corrected chi connectivity index (χ0v) is 32.9. The van der Waals surface area contributed by atoms with Crippen LogP contribution in [0.25, 0.3) is 6.08 Å². The summed E-state index contributed by atoms with van der Waals surface area (Å²) in [5.41, 5.74) is 1.54. The highest BCUT2D eigenvalue weighted by Gasteiger charge is 2.62. The number of benzene rings is 1. The highest BCUT2D eigenvalue weighted by molar-refractivity contribution is 7.91. The van der Waals surface area contributed by atoms with Crippen LogP contribution in [0, 0.1) is 17.8 Å². The molecule has 0 radical (unpaired) electrons. The van der Waals surface area contributed by atoms with Crippen LogP contribution < -0.4 is 10.0 Å². The zero-order chi connectivity index (χ0) is 39.1. The second-order valence-electron chi connectivity index (χ2n) is 16.7. The average molecular weight is 778 g/mol. The smallest absolute Gasteiger partial charge is 0.410 e. The molecular formula is C41H55N5O8S. The Morgan fingerprint density at radius 3 is 2.49 bits per heavy atom. The van der Waals surface area contributed by atoms with E-state index >= 15 is 0 Å². The van der Waals surface area contributed by atoms with Gasteiger partial charge >= 0.3 is 6.09 Å². The highest BCUT2D eigenvalue weighted by atomic mass is 32.2. The summed E-state index contributed by atoms with van der Waals surface area (Å²) in [5, 5.41) is 2.20. The molecule has 1 saturated heterocycles. The van der Waals surface area contributed by atoms with E-state index in [1.165, 1.54) is 11.0 Å². The first-order valence-electron chi connectivity index (χ1n) is 20.1. The number of carbonyl (C=O) groups is 5. The van der Waals surface area contributed by atoms with Gasteiger partial charge in [-0.25, -0.2) is 13.2 Å². The molecule has 0 spiro atoms. The lowest BCUT2D eigenvalue weighted by Crippen LogP contribution is -2.57. The number of nitrogens with zero attached hydrogens (tertiary/aromatic N) is 3. The molecule has 3 saturated carbocycles. The van der Waals surface area contributed by atoms with E-state index in [0.717, 1.165) is 61.6 Å². The average Bonchev–Trinajstić information content (AvgIpc) is 4.05. The maximum absolute atomic E-state index is 14.9. The highest BCUT2D eigenvalue weighted by Crippen LogP contribution is 2.46. The molecule has 3 aliphatic carbocycles. The molecule has 5 amide bonds. The van der Waals surface area contributed by atoms with E-state index in [1.807, 2.05) is 36.9 Å². The number of allylic oxidation sites excluding steroid dienone is 1. The molecule has 1 aromatic rings. The summed E-state index contributed by atoms with van der Waals surface area (Å²) in [6.45, 7) is 8.98. The summed E-state index contributed by atoms with van der Waals surface area (Å²) < 4.78 is 33.8. The van der Waals surface area contributed by atoms with Crippen molar-refractivity contribution in [2.45, 2.75) is 133 Å². The Balaban J connectivity index is 1.20. The summed E-state index contributed by atoms with van der Waals surface area (Å²) in [4.78, 5) is 75.7. The van der Waals surface area contributed by atoms with Crippen LogP contribution in [0.2, 0.25) is 0 Å². The largest absolute Gasteiger partial charge is 0.444 e. The van der Waals surface area contributed by atoms with Crippen LogP contribution >= 0.6 is 0 Å². The number of ether oxygens (including phenoxy) is 1. The van der Waals surface area contributed by atoms with Gasteiger partial charge in [-0.05, 0) is 81.4 Å². The van der Waals surface area contributed by atoms with Gasteiger partial charge < -0.3 is 19.9 Å². The van der Waals surface area contributed by atoms with E-state index < -0.39 is 62.7 Å². The monoisotopic (exact) mass is 777 g/mol. The van der Waals surface area contributed by atoms with Gasteiger partial charge in [0.25, 0.3) is 5.91 Å². The summed E-state index contributed by atoms with van der Waals surface area (Å²) in [5.74, 6) is -3.17. The van der Waals surface area contributed by atoms with E-state index in [4.69, 9.17) is 4.74 Å². The molecule has 4 bridgehead atoms. The number of carbonyl (C=O) groups excluding carboxylic acids is 5. The summed E-state index contributed by atoms with van der Waals surface area (Å²) in [6.07, 6.45) is 11.4. The zero-order valence-electron chi connectivity index (χ0n) is 32.0. The van der Waals surface area contributed by atoms with Crippen molar-refractivity contribution in [2.75, 3.05) is 13.1 Å². The van der Waals surface area contributed by atoms with E-state index in [0.29, 0.717) is 32.5 Å². The van der Waals surface area contributed by atoms with E-state index in [-0.39, 0.29) is 49.6 Å².